The minimum Gasteiger partial charge on any atom is -0.300 e. The molecule has 1 aromatic rings. The highest BCUT2D eigenvalue weighted by molar-refractivity contribution is 7.10. The van der Waals surface area contributed by atoms with E-state index < -0.39 is 0 Å². The van der Waals surface area contributed by atoms with Gasteiger partial charge in [-0.25, -0.2) is 0 Å². The zero-order valence-corrected chi connectivity index (χ0v) is 9.53. The third kappa shape index (κ3) is 3.58. The summed E-state index contributed by atoms with van der Waals surface area (Å²) in [4.78, 5) is 2.21. The summed E-state index contributed by atoms with van der Waals surface area (Å²) in [5.41, 5.74) is 0.894. The second-order valence-corrected chi connectivity index (χ2v) is 4.44. The molecule has 13 heavy (non-hydrogen) atoms. The lowest BCUT2D eigenvalue weighted by molar-refractivity contribution is 0.317. The van der Waals surface area contributed by atoms with Crippen molar-refractivity contribution in [2.45, 2.75) is 26.3 Å². The van der Waals surface area contributed by atoms with Gasteiger partial charge < -0.3 is 4.90 Å². The quantitative estimate of drug-likeness (QED) is 0.762. The van der Waals surface area contributed by atoms with Crippen LogP contribution in [0.2, 0.25) is 4.34 Å². The highest BCUT2D eigenvalue weighted by Gasteiger charge is 2.07. The molecular weight excluding hydrogens is 206 g/mol. The minimum absolute atomic E-state index is 0.711. The summed E-state index contributed by atoms with van der Waals surface area (Å²) in [6, 6.07) is 0. The molecule has 0 aliphatic carbocycles. The van der Waals surface area contributed by atoms with Crippen LogP contribution in [0.5, 0.6) is 0 Å². The van der Waals surface area contributed by atoms with Gasteiger partial charge in [-0.3, -0.25) is 0 Å². The average Bonchev–Trinajstić information content (AvgIpc) is 2.48. The maximum Gasteiger partial charge on any atom is 0.138 e. The molecule has 0 saturated heterocycles. The van der Waals surface area contributed by atoms with Gasteiger partial charge in [0.2, 0.25) is 0 Å². The van der Waals surface area contributed by atoms with Crippen molar-refractivity contribution in [1.82, 2.24) is 14.5 Å². The first kappa shape index (κ1) is 10.9. The lowest BCUT2D eigenvalue weighted by atomic mass is 10.3. The van der Waals surface area contributed by atoms with Crippen molar-refractivity contribution in [2.75, 3.05) is 13.6 Å². The molecule has 1 rings (SSSR count). The predicted molar refractivity (Wildman–Crippen MR) is 56.2 cm³/mol. The van der Waals surface area contributed by atoms with Crippen LogP contribution in [-0.2, 0) is 6.54 Å². The third-order valence-electron chi connectivity index (χ3n) is 1.82. The fourth-order valence-corrected chi connectivity index (χ4v) is 1.67. The van der Waals surface area contributed by atoms with Crippen LogP contribution < -0.4 is 0 Å². The lowest BCUT2D eigenvalue weighted by Gasteiger charge is -2.13. The number of unbranched alkanes of at least 4 members (excludes halogenated alkanes) is 1. The van der Waals surface area contributed by atoms with E-state index in [9.17, 15) is 0 Å². The Kier molecular flexibility index (Phi) is 4.62. The van der Waals surface area contributed by atoms with Gasteiger partial charge in [-0.05, 0) is 20.0 Å². The van der Waals surface area contributed by atoms with Gasteiger partial charge in [-0.1, -0.05) is 29.4 Å². The maximum absolute atomic E-state index is 5.88. The van der Waals surface area contributed by atoms with Crippen LogP contribution in [0.4, 0.5) is 0 Å². The van der Waals surface area contributed by atoms with Crippen molar-refractivity contribution in [3.8, 4) is 0 Å². The SMILES string of the molecule is CCCCN(C)Cc1nnsc1Cl. The van der Waals surface area contributed by atoms with Gasteiger partial charge in [0, 0.05) is 18.1 Å². The molecule has 0 N–H and O–H groups in total. The van der Waals surface area contributed by atoms with Gasteiger partial charge in [0.25, 0.3) is 0 Å². The molecular formula is C8H14ClN3S. The Morgan fingerprint density at radius 1 is 1.54 bits per heavy atom. The van der Waals surface area contributed by atoms with E-state index in [4.69, 9.17) is 11.6 Å². The Labute approximate surface area is 87.9 Å². The van der Waals surface area contributed by atoms with Gasteiger partial charge in [-0.2, -0.15) is 0 Å². The average molecular weight is 220 g/mol. The van der Waals surface area contributed by atoms with Crippen molar-refractivity contribution < 1.29 is 0 Å². The van der Waals surface area contributed by atoms with Gasteiger partial charge in [0.05, 0.1) is 0 Å². The van der Waals surface area contributed by atoms with Crippen molar-refractivity contribution in [2.24, 2.45) is 0 Å². The summed E-state index contributed by atoms with van der Waals surface area (Å²) in [5, 5.41) is 3.96. The number of aromatic nitrogens is 2. The Balaban J connectivity index is 2.36. The smallest absolute Gasteiger partial charge is 0.138 e. The van der Waals surface area contributed by atoms with E-state index in [1.165, 1.54) is 24.4 Å². The maximum atomic E-state index is 5.88. The molecule has 0 aliphatic rings. The van der Waals surface area contributed by atoms with E-state index in [0.29, 0.717) is 4.34 Å². The number of nitrogens with zero attached hydrogens (tertiary/aromatic N) is 3. The molecule has 5 heteroatoms. The summed E-state index contributed by atoms with van der Waals surface area (Å²) >= 11 is 7.13. The fraction of sp³-hybridized carbons (Fsp3) is 0.750. The van der Waals surface area contributed by atoms with Gasteiger partial charge in [0.1, 0.15) is 10.0 Å². The van der Waals surface area contributed by atoms with Crippen LogP contribution >= 0.6 is 23.1 Å². The zero-order valence-electron chi connectivity index (χ0n) is 7.96. The number of halogens is 1. The first-order valence-corrected chi connectivity index (χ1v) is 5.54. The van der Waals surface area contributed by atoms with Crippen LogP contribution in [0.1, 0.15) is 25.5 Å². The van der Waals surface area contributed by atoms with Crippen LogP contribution in [0, 0.1) is 0 Å². The summed E-state index contributed by atoms with van der Waals surface area (Å²) in [7, 11) is 2.07. The Hall–Kier alpha value is -0.190. The second kappa shape index (κ2) is 5.52. The summed E-state index contributed by atoms with van der Waals surface area (Å²) in [6.07, 6.45) is 2.43. The van der Waals surface area contributed by atoms with Crippen LogP contribution in [0.25, 0.3) is 0 Å². The van der Waals surface area contributed by atoms with E-state index in [-0.39, 0.29) is 0 Å². The van der Waals surface area contributed by atoms with Crippen molar-refractivity contribution in [3.05, 3.63) is 10.0 Å². The molecule has 0 radical (unpaired) electrons. The number of rotatable bonds is 5. The standard InChI is InChI=1S/C8H14ClN3S/c1-3-4-5-12(2)6-7-8(9)13-11-10-7/h3-6H2,1-2H3. The molecule has 0 fully saturated rings. The molecule has 0 unspecified atom stereocenters. The molecule has 74 valence electrons. The summed E-state index contributed by atoms with van der Waals surface area (Å²) < 4.78 is 4.50. The molecule has 0 atom stereocenters. The van der Waals surface area contributed by atoms with Gasteiger partial charge >= 0.3 is 0 Å². The summed E-state index contributed by atoms with van der Waals surface area (Å²) in [6.45, 7) is 4.07. The third-order valence-corrected chi connectivity index (χ3v) is 2.81. The fourth-order valence-electron chi connectivity index (χ4n) is 1.05. The molecule has 0 amide bonds. The Morgan fingerprint density at radius 2 is 2.31 bits per heavy atom. The van der Waals surface area contributed by atoms with E-state index in [1.54, 1.807) is 0 Å². The van der Waals surface area contributed by atoms with E-state index in [1.807, 2.05) is 0 Å². The van der Waals surface area contributed by atoms with Gasteiger partial charge in [-0.15, -0.1) is 5.10 Å². The Bertz CT molecular complexity index is 251. The van der Waals surface area contributed by atoms with Crippen molar-refractivity contribution in [3.63, 3.8) is 0 Å². The number of hydrogen-bond donors (Lipinski definition) is 0. The highest BCUT2D eigenvalue weighted by Crippen LogP contribution is 2.18. The topological polar surface area (TPSA) is 29.0 Å². The van der Waals surface area contributed by atoms with Crippen LogP contribution in [0.3, 0.4) is 0 Å². The first-order chi connectivity index (χ1) is 6.24. The van der Waals surface area contributed by atoms with E-state index >= 15 is 0 Å². The molecule has 3 nitrogen and oxygen atoms in total. The van der Waals surface area contributed by atoms with Crippen LogP contribution in [-0.4, -0.2) is 28.1 Å². The lowest BCUT2D eigenvalue weighted by Crippen LogP contribution is -2.19. The highest BCUT2D eigenvalue weighted by atomic mass is 35.5. The monoisotopic (exact) mass is 219 g/mol. The van der Waals surface area contributed by atoms with E-state index in [2.05, 4.69) is 28.5 Å². The Morgan fingerprint density at radius 3 is 2.85 bits per heavy atom. The molecule has 1 aromatic heterocycles. The van der Waals surface area contributed by atoms with Crippen molar-refractivity contribution >= 4 is 23.1 Å². The molecule has 0 bridgehead atoms. The number of hydrogen-bond acceptors (Lipinski definition) is 4. The molecule has 0 aromatic carbocycles. The van der Waals surface area contributed by atoms with Crippen molar-refractivity contribution in [1.29, 1.82) is 0 Å². The summed E-state index contributed by atoms with van der Waals surface area (Å²) in [5.74, 6) is 0. The molecule has 0 saturated carbocycles. The van der Waals surface area contributed by atoms with Crippen LogP contribution in [0.15, 0.2) is 0 Å². The molecule has 0 aliphatic heterocycles. The largest absolute Gasteiger partial charge is 0.300 e. The first-order valence-electron chi connectivity index (χ1n) is 4.39. The molecule has 0 spiro atoms. The normalized spacial score (nSPS) is 11.1. The van der Waals surface area contributed by atoms with E-state index in [0.717, 1.165) is 18.8 Å². The van der Waals surface area contributed by atoms with Gasteiger partial charge in [0.15, 0.2) is 0 Å². The minimum atomic E-state index is 0.711. The second-order valence-electron chi connectivity index (χ2n) is 3.08. The predicted octanol–water partition coefficient (Wildman–Crippen LogP) is 2.42. The molecule has 1 heterocycles. The zero-order chi connectivity index (χ0) is 9.68.